The summed E-state index contributed by atoms with van der Waals surface area (Å²) in [7, 11) is 0. The zero-order valence-corrected chi connectivity index (χ0v) is 12.4. The van der Waals surface area contributed by atoms with Crippen LogP contribution in [-0.2, 0) is 6.54 Å². The van der Waals surface area contributed by atoms with Crippen LogP contribution in [0.5, 0.6) is 0 Å². The van der Waals surface area contributed by atoms with Crippen molar-refractivity contribution in [2.24, 2.45) is 5.73 Å². The Morgan fingerprint density at radius 2 is 2.11 bits per heavy atom. The third-order valence-electron chi connectivity index (χ3n) is 3.64. The van der Waals surface area contributed by atoms with Crippen LogP contribution < -0.4 is 11.1 Å². The van der Waals surface area contributed by atoms with Gasteiger partial charge in [0, 0.05) is 12.6 Å². The number of halogens is 1. The average molecular weight is 324 g/mol. The maximum Gasteiger partial charge on any atom is 0.155 e. The minimum absolute atomic E-state index is 0.412. The van der Waals surface area contributed by atoms with Crippen molar-refractivity contribution in [3.8, 4) is 0 Å². The van der Waals surface area contributed by atoms with E-state index in [4.69, 9.17) is 5.73 Å². The molecule has 102 valence electrons. The number of hydrogen-bond acceptors (Lipinski definition) is 4. The Hall–Kier alpha value is -1.14. The van der Waals surface area contributed by atoms with Crippen LogP contribution in [0.1, 0.15) is 37.8 Å². The van der Waals surface area contributed by atoms with Gasteiger partial charge in [-0.1, -0.05) is 19.3 Å². The fourth-order valence-corrected chi connectivity index (χ4v) is 3.13. The van der Waals surface area contributed by atoms with Crippen molar-refractivity contribution in [1.29, 1.82) is 0 Å². The van der Waals surface area contributed by atoms with E-state index in [0.29, 0.717) is 12.6 Å². The molecule has 2 aromatic heterocycles. The lowest BCUT2D eigenvalue weighted by Crippen LogP contribution is -2.23. The number of anilines is 1. The van der Waals surface area contributed by atoms with Gasteiger partial charge in [0.05, 0.1) is 5.69 Å². The Bertz CT molecular complexity index is 574. The SMILES string of the molecule is NCc1nc2ccc(NC3CCCCC3)nn2c1Br. The van der Waals surface area contributed by atoms with Crippen LogP contribution in [0, 0.1) is 0 Å². The molecule has 3 rings (SSSR count). The summed E-state index contributed by atoms with van der Waals surface area (Å²) in [6.45, 7) is 0.412. The maximum absolute atomic E-state index is 5.65. The van der Waals surface area contributed by atoms with Crippen molar-refractivity contribution in [1.82, 2.24) is 14.6 Å². The molecule has 1 aliphatic carbocycles. The van der Waals surface area contributed by atoms with Gasteiger partial charge in [-0.15, -0.1) is 5.10 Å². The predicted octanol–water partition coefficient (Wildman–Crippen LogP) is 2.70. The molecule has 0 unspecified atom stereocenters. The third kappa shape index (κ3) is 2.60. The Kier molecular flexibility index (Phi) is 3.70. The van der Waals surface area contributed by atoms with Crippen molar-refractivity contribution in [2.75, 3.05) is 5.32 Å². The molecule has 0 atom stereocenters. The molecule has 0 aliphatic heterocycles. The zero-order valence-electron chi connectivity index (χ0n) is 10.8. The Morgan fingerprint density at radius 1 is 1.32 bits per heavy atom. The Morgan fingerprint density at radius 3 is 2.84 bits per heavy atom. The Labute approximate surface area is 120 Å². The fraction of sp³-hybridized carbons (Fsp3) is 0.538. The molecule has 0 radical (unpaired) electrons. The van der Waals surface area contributed by atoms with Gasteiger partial charge in [0.15, 0.2) is 5.65 Å². The van der Waals surface area contributed by atoms with E-state index in [9.17, 15) is 0 Å². The lowest BCUT2D eigenvalue weighted by atomic mass is 9.95. The molecule has 0 amide bonds. The number of rotatable bonds is 3. The summed E-state index contributed by atoms with van der Waals surface area (Å²) in [6, 6.07) is 4.51. The molecule has 0 saturated heterocycles. The smallest absolute Gasteiger partial charge is 0.155 e. The summed E-state index contributed by atoms with van der Waals surface area (Å²) in [6.07, 6.45) is 6.45. The maximum atomic E-state index is 5.65. The molecule has 0 aromatic carbocycles. The van der Waals surface area contributed by atoms with Crippen molar-refractivity contribution in [3.63, 3.8) is 0 Å². The molecule has 0 bridgehead atoms. The number of fused-ring (bicyclic) bond motifs is 1. The zero-order chi connectivity index (χ0) is 13.2. The number of imidazole rings is 1. The molecule has 2 aromatic rings. The quantitative estimate of drug-likeness (QED) is 0.911. The van der Waals surface area contributed by atoms with Crippen LogP contribution in [0.4, 0.5) is 5.82 Å². The molecule has 3 N–H and O–H groups in total. The second-order valence-corrected chi connectivity index (χ2v) is 5.77. The van der Waals surface area contributed by atoms with Gasteiger partial charge in [0.1, 0.15) is 10.4 Å². The van der Waals surface area contributed by atoms with Crippen molar-refractivity contribution in [2.45, 2.75) is 44.7 Å². The van der Waals surface area contributed by atoms with Gasteiger partial charge in [-0.05, 0) is 40.9 Å². The van der Waals surface area contributed by atoms with E-state index in [1.807, 2.05) is 12.1 Å². The van der Waals surface area contributed by atoms with Crippen LogP contribution in [0.2, 0.25) is 0 Å². The first kappa shape index (κ1) is 12.9. The monoisotopic (exact) mass is 323 g/mol. The van der Waals surface area contributed by atoms with Crippen LogP contribution in [0.15, 0.2) is 16.7 Å². The van der Waals surface area contributed by atoms with E-state index in [-0.39, 0.29) is 0 Å². The summed E-state index contributed by atoms with van der Waals surface area (Å²) in [4.78, 5) is 4.42. The summed E-state index contributed by atoms with van der Waals surface area (Å²) in [5.41, 5.74) is 7.31. The van der Waals surface area contributed by atoms with E-state index >= 15 is 0 Å². The predicted molar refractivity (Wildman–Crippen MR) is 79.1 cm³/mol. The summed E-state index contributed by atoms with van der Waals surface area (Å²) in [5, 5.41) is 8.09. The van der Waals surface area contributed by atoms with Gasteiger partial charge in [-0.3, -0.25) is 0 Å². The minimum Gasteiger partial charge on any atom is -0.366 e. The number of nitrogens with zero attached hydrogens (tertiary/aromatic N) is 3. The van der Waals surface area contributed by atoms with E-state index < -0.39 is 0 Å². The number of nitrogens with two attached hydrogens (primary N) is 1. The van der Waals surface area contributed by atoms with E-state index in [1.165, 1.54) is 32.1 Å². The normalized spacial score (nSPS) is 16.9. The molecule has 6 heteroatoms. The standard InChI is InChI=1S/C13H18BrN5/c14-13-10(8-15)17-12-7-6-11(18-19(12)13)16-9-4-2-1-3-5-9/h6-7,9H,1-5,8,15H2,(H,16,18). The molecule has 1 saturated carbocycles. The number of nitrogens with one attached hydrogen (secondary N) is 1. The summed E-state index contributed by atoms with van der Waals surface area (Å²) >= 11 is 3.50. The van der Waals surface area contributed by atoms with Gasteiger partial charge in [-0.25, -0.2) is 9.50 Å². The topological polar surface area (TPSA) is 68.2 Å². The number of aromatic nitrogens is 3. The second kappa shape index (κ2) is 5.46. The van der Waals surface area contributed by atoms with Crippen LogP contribution in [0.3, 0.4) is 0 Å². The van der Waals surface area contributed by atoms with Gasteiger partial charge < -0.3 is 11.1 Å². The first-order valence-electron chi connectivity index (χ1n) is 6.78. The molecule has 0 spiro atoms. The lowest BCUT2D eigenvalue weighted by Gasteiger charge is -2.23. The molecule has 19 heavy (non-hydrogen) atoms. The molecular weight excluding hydrogens is 306 g/mol. The van der Waals surface area contributed by atoms with Crippen LogP contribution >= 0.6 is 15.9 Å². The first-order valence-corrected chi connectivity index (χ1v) is 7.58. The average Bonchev–Trinajstić information content (AvgIpc) is 2.77. The van der Waals surface area contributed by atoms with Gasteiger partial charge in [-0.2, -0.15) is 0 Å². The van der Waals surface area contributed by atoms with Gasteiger partial charge >= 0.3 is 0 Å². The second-order valence-electron chi connectivity index (χ2n) is 5.02. The highest BCUT2D eigenvalue weighted by molar-refractivity contribution is 9.10. The van der Waals surface area contributed by atoms with E-state index in [1.54, 1.807) is 4.52 Å². The third-order valence-corrected chi connectivity index (χ3v) is 4.43. The van der Waals surface area contributed by atoms with E-state index in [2.05, 4.69) is 31.3 Å². The van der Waals surface area contributed by atoms with Crippen molar-refractivity contribution in [3.05, 3.63) is 22.4 Å². The van der Waals surface area contributed by atoms with Crippen LogP contribution in [0.25, 0.3) is 5.65 Å². The van der Waals surface area contributed by atoms with Gasteiger partial charge in [0.25, 0.3) is 0 Å². The fourth-order valence-electron chi connectivity index (χ4n) is 2.62. The number of hydrogen-bond donors (Lipinski definition) is 2. The molecule has 2 heterocycles. The van der Waals surface area contributed by atoms with Crippen LogP contribution in [-0.4, -0.2) is 20.6 Å². The molecule has 5 nitrogen and oxygen atoms in total. The molecular formula is C13H18BrN5. The highest BCUT2D eigenvalue weighted by Gasteiger charge is 2.15. The molecule has 1 aliphatic rings. The summed E-state index contributed by atoms with van der Waals surface area (Å²) in [5.74, 6) is 0.904. The summed E-state index contributed by atoms with van der Waals surface area (Å²) < 4.78 is 2.64. The van der Waals surface area contributed by atoms with Crippen molar-refractivity contribution < 1.29 is 0 Å². The molecule has 1 fully saturated rings. The minimum atomic E-state index is 0.412. The largest absolute Gasteiger partial charge is 0.366 e. The van der Waals surface area contributed by atoms with Gasteiger partial charge in [0.2, 0.25) is 0 Å². The first-order chi connectivity index (χ1) is 9.28. The van der Waals surface area contributed by atoms with E-state index in [0.717, 1.165) is 21.8 Å². The lowest BCUT2D eigenvalue weighted by molar-refractivity contribution is 0.461. The highest BCUT2D eigenvalue weighted by Crippen LogP contribution is 2.22. The highest BCUT2D eigenvalue weighted by atomic mass is 79.9. The van der Waals surface area contributed by atoms with Crippen molar-refractivity contribution >= 4 is 27.4 Å². The Balaban J connectivity index is 1.86.